The standard InChI is InChI=1S/C27H30N2O3S/c1-19-14-20(2)16-25(15-19)29(33(31,32)26-10-5-4-6-11-26)18-27(30)28-21(3)23-13-12-22-8-7-9-24(22)17-23/h4-6,10-17,21H,7-9,18H2,1-3H3,(H,28,30)/t21-/m1/s1. The second kappa shape index (κ2) is 9.40. The second-order valence-electron chi connectivity index (χ2n) is 8.84. The van der Waals surface area contributed by atoms with Gasteiger partial charge in [0.05, 0.1) is 16.6 Å². The maximum absolute atomic E-state index is 13.5. The van der Waals surface area contributed by atoms with Gasteiger partial charge in [-0.3, -0.25) is 9.10 Å². The van der Waals surface area contributed by atoms with Crippen LogP contribution >= 0.6 is 0 Å². The number of rotatable bonds is 7. The molecule has 0 aliphatic heterocycles. The van der Waals surface area contributed by atoms with Gasteiger partial charge in [-0.1, -0.05) is 42.5 Å². The first-order valence-electron chi connectivity index (χ1n) is 11.3. The fourth-order valence-electron chi connectivity index (χ4n) is 4.49. The van der Waals surface area contributed by atoms with Crippen molar-refractivity contribution in [1.29, 1.82) is 0 Å². The van der Waals surface area contributed by atoms with Gasteiger partial charge in [-0.25, -0.2) is 8.42 Å². The average molecular weight is 463 g/mol. The fraction of sp³-hybridized carbons (Fsp3) is 0.296. The van der Waals surface area contributed by atoms with E-state index in [1.54, 1.807) is 42.5 Å². The molecule has 1 aliphatic carbocycles. The van der Waals surface area contributed by atoms with Crippen molar-refractivity contribution in [3.63, 3.8) is 0 Å². The highest BCUT2D eigenvalue weighted by Crippen LogP contribution is 2.27. The molecule has 1 atom stereocenters. The van der Waals surface area contributed by atoms with Gasteiger partial charge in [0.25, 0.3) is 10.0 Å². The Balaban J connectivity index is 1.60. The highest BCUT2D eigenvalue weighted by Gasteiger charge is 2.28. The van der Waals surface area contributed by atoms with Crippen LogP contribution in [0.1, 0.15) is 47.2 Å². The number of aryl methyl sites for hydroxylation is 4. The molecule has 1 N–H and O–H groups in total. The molecule has 0 radical (unpaired) electrons. The van der Waals surface area contributed by atoms with Gasteiger partial charge in [0.2, 0.25) is 5.91 Å². The molecule has 3 aromatic carbocycles. The third-order valence-electron chi connectivity index (χ3n) is 6.11. The van der Waals surface area contributed by atoms with Gasteiger partial charge >= 0.3 is 0 Å². The lowest BCUT2D eigenvalue weighted by atomic mass is 10.0. The molecule has 5 nitrogen and oxygen atoms in total. The third kappa shape index (κ3) is 5.11. The van der Waals surface area contributed by atoms with E-state index in [0.717, 1.165) is 29.5 Å². The van der Waals surface area contributed by atoms with Crippen molar-refractivity contribution < 1.29 is 13.2 Å². The SMILES string of the molecule is Cc1cc(C)cc(N(CC(=O)N[C@H](C)c2ccc3c(c2)CCC3)S(=O)(=O)c2ccccc2)c1. The number of benzene rings is 3. The van der Waals surface area contributed by atoms with E-state index >= 15 is 0 Å². The molecule has 1 aliphatic rings. The summed E-state index contributed by atoms with van der Waals surface area (Å²) in [5.41, 5.74) is 6.12. The first-order valence-corrected chi connectivity index (χ1v) is 12.8. The Morgan fingerprint density at radius 3 is 2.30 bits per heavy atom. The Hall–Kier alpha value is -3.12. The Kier molecular flexibility index (Phi) is 6.56. The molecule has 0 aromatic heterocycles. The number of hydrogen-bond acceptors (Lipinski definition) is 3. The molecule has 0 saturated carbocycles. The van der Waals surface area contributed by atoms with E-state index < -0.39 is 10.0 Å². The summed E-state index contributed by atoms with van der Waals surface area (Å²) in [4.78, 5) is 13.2. The molecule has 0 saturated heterocycles. The van der Waals surface area contributed by atoms with E-state index in [2.05, 4.69) is 23.5 Å². The molecule has 33 heavy (non-hydrogen) atoms. The number of carbonyl (C=O) groups excluding carboxylic acids is 1. The van der Waals surface area contributed by atoms with E-state index in [0.29, 0.717) is 5.69 Å². The van der Waals surface area contributed by atoms with Gasteiger partial charge < -0.3 is 5.32 Å². The molecule has 6 heteroatoms. The maximum Gasteiger partial charge on any atom is 0.264 e. The van der Waals surface area contributed by atoms with Gasteiger partial charge in [-0.2, -0.15) is 0 Å². The molecule has 172 valence electrons. The Labute approximate surface area is 196 Å². The van der Waals surface area contributed by atoms with Crippen LogP contribution in [0.3, 0.4) is 0 Å². The van der Waals surface area contributed by atoms with Gasteiger partial charge in [0.1, 0.15) is 6.54 Å². The smallest absolute Gasteiger partial charge is 0.264 e. The monoisotopic (exact) mass is 462 g/mol. The first-order chi connectivity index (χ1) is 15.7. The topological polar surface area (TPSA) is 66.5 Å². The number of fused-ring (bicyclic) bond motifs is 1. The minimum Gasteiger partial charge on any atom is -0.348 e. The van der Waals surface area contributed by atoms with Crippen molar-refractivity contribution >= 4 is 21.6 Å². The predicted octanol–water partition coefficient (Wildman–Crippen LogP) is 4.86. The second-order valence-corrected chi connectivity index (χ2v) is 10.7. The highest BCUT2D eigenvalue weighted by atomic mass is 32.2. The van der Waals surface area contributed by atoms with E-state index in [1.807, 2.05) is 26.8 Å². The van der Waals surface area contributed by atoms with Crippen LogP contribution in [0.25, 0.3) is 0 Å². The van der Waals surface area contributed by atoms with Crippen LogP contribution in [-0.4, -0.2) is 20.9 Å². The van der Waals surface area contributed by atoms with Crippen molar-refractivity contribution in [2.24, 2.45) is 0 Å². The number of amides is 1. The quantitative estimate of drug-likeness (QED) is 0.545. The van der Waals surface area contributed by atoms with Crippen molar-refractivity contribution in [3.05, 3.63) is 94.5 Å². The Morgan fingerprint density at radius 1 is 0.939 bits per heavy atom. The molecule has 0 bridgehead atoms. The molecular formula is C27H30N2O3S. The summed E-state index contributed by atoms with van der Waals surface area (Å²) in [6, 6.07) is 19.9. The molecule has 3 aromatic rings. The number of carbonyl (C=O) groups is 1. The van der Waals surface area contributed by atoms with Crippen molar-refractivity contribution in [1.82, 2.24) is 5.32 Å². The normalized spacial score (nSPS) is 13.9. The zero-order valence-electron chi connectivity index (χ0n) is 19.3. The van der Waals surface area contributed by atoms with Crippen LogP contribution in [-0.2, 0) is 27.7 Å². The minimum absolute atomic E-state index is 0.156. The molecule has 1 amide bonds. The number of nitrogens with one attached hydrogen (secondary N) is 1. The van der Waals surface area contributed by atoms with Crippen LogP contribution < -0.4 is 9.62 Å². The predicted molar refractivity (Wildman–Crippen MR) is 132 cm³/mol. The van der Waals surface area contributed by atoms with Gasteiger partial charge in [0.15, 0.2) is 0 Å². The zero-order valence-corrected chi connectivity index (χ0v) is 20.2. The van der Waals surface area contributed by atoms with Crippen molar-refractivity contribution in [2.45, 2.75) is 51.0 Å². The summed E-state index contributed by atoms with van der Waals surface area (Å²) < 4.78 is 28.2. The van der Waals surface area contributed by atoms with Crippen LogP contribution in [0.2, 0.25) is 0 Å². The number of nitrogens with zero attached hydrogens (tertiary/aromatic N) is 1. The molecule has 0 unspecified atom stereocenters. The van der Waals surface area contributed by atoms with Crippen molar-refractivity contribution in [3.8, 4) is 0 Å². The van der Waals surface area contributed by atoms with Gasteiger partial charge in [-0.15, -0.1) is 0 Å². The largest absolute Gasteiger partial charge is 0.348 e. The van der Waals surface area contributed by atoms with E-state index in [1.165, 1.54) is 21.9 Å². The summed E-state index contributed by atoms with van der Waals surface area (Å²) in [7, 11) is -3.92. The lowest BCUT2D eigenvalue weighted by Crippen LogP contribution is -2.41. The number of anilines is 1. The fourth-order valence-corrected chi connectivity index (χ4v) is 5.92. The van der Waals surface area contributed by atoms with E-state index in [9.17, 15) is 13.2 Å². The lowest BCUT2D eigenvalue weighted by molar-refractivity contribution is -0.120. The number of sulfonamides is 1. The van der Waals surface area contributed by atoms with Crippen LogP contribution in [0.4, 0.5) is 5.69 Å². The van der Waals surface area contributed by atoms with E-state index in [4.69, 9.17) is 0 Å². The maximum atomic E-state index is 13.5. The summed E-state index contributed by atoms with van der Waals surface area (Å²) >= 11 is 0. The molecule has 0 heterocycles. The molecule has 0 fully saturated rings. The summed E-state index contributed by atoms with van der Waals surface area (Å²) in [5, 5.41) is 3.00. The van der Waals surface area contributed by atoms with Crippen LogP contribution in [0.5, 0.6) is 0 Å². The average Bonchev–Trinajstić information content (AvgIpc) is 3.25. The molecular weight excluding hydrogens is 432 g/mol. The third-order valence-corrected chi connectivity index (χ3v) is 7.90. The van der Waals surface area contributed by atoms with Gasteiger partial charge in [-0.05, 0) is 92.1 Å². The van der Waals surface area contributed by atoms with Gasteiger partial charge in [0, 0.05) is 0 Å². The van der Waals surface area contributed by atoms with Crippen LogP contribution in [0, 0.1) is 13.8 Å². The first kappa shape index (κ1) is 23.1. The van der Waals surface area contributed by atoms with E-state index in [-0.39, 0.29) is 23.4 Å². The Bertz CT molecular complexity index is 1250. The Morgan fingerprint density at radius 2 is 1.61 bits per heavy atom. The minimum atomic E-state index is -3.92. The number of hydrogen-bond donors (Lipinski definition) is 1. The molecule has 4 rings (SSSR count). The molecule has 0 spiro atoms. The highest BCUT2D eigenvalue weighted by molar-refractivity contribution is 7.92. The van der Waals surface area contributed by atoms with Crippen LogP contribution in [0.15, 0.2) is 71.6 Å². The zero-order chi connectivity index (χ0) is 23.6. The summed E-state index contributed by atoms with van der Waals surface area (Å²) in [6.45, 7) is 5.47. The van der Waals surface area contributed by atoms with Crippen molar-refractivity contribution in [2.75, 3.05) is 10.8 Å². The summed E-state index contributed by atoms with van der Waals surface area (Å²) in [5.74, 6) is -0.346. The lowest BCUT2D eigenvalue weighted by Gasteiger charge is -2.26. The summed E-state index contributed by atoms with van der Waals surface area (Å²) in [6.07, 6.45) is 3.35.